The quantitative estimate of drug-likeness (QED) is 0.778. The van der Waals surface area contributed by atoms with E-state index in [4.69, 9.17) is 5.73 Å². The number of hydrogen-bond donors (Lipinski definition) is 1. The number of hydrogen-bond acceptors (Lipinski definition) is 2. The van der Waals surface area contributed by atoms with Crippen molar-refractivity contribution in [3.63, 3.8) is 0 Å². The van der Waals surface area contributed by atoms with Crippen molar-refractivity contribution in [2.24, 2.45) is 11.7 Å². The summed E-state index contributed by atoms with van der Waals surface area (Å²) in [7, 11) is 0. The van der Waals surface area contributed by atoms with Crippen molar-refractivity contribution in [2.45, 2.75) is 64.0 Å². The SMILES string of the molecule is CC[C@H](N)C(=O)N1CCC[C@H]2CCCC[C@H]21. The lowest BCUT2D eigenvalue weighted by Gasteiger charge is -2.44. The van der Waals surface area contributed by atoms with E-state index in [0.717, 1.165) is 18.9 Å². The first-order chi connectivity index (χ1) is 7.74. The molecular weight excluding hydrogens is 200 g/mol. The summed E-state index contributed by atoms with van der Waals surface area (Å²) >= 11 is 0. The predicted octanol–water partition coefficient (Wildman–Crippen LogP) is 1.90. The number of fused-ring (bicyclic) bond motifs is 1. The molecule has 0 unspecified atom stereocenters. The summed E-state index contributed by atoms with van der Waals surface area (Å²) in [6, 6.07) is 0.230. The van der Waals surface area contributed by atoms with Crippen molar-refractivity contribution in [2.75, 3.05) is 6.54 Å². The highest BCUT2D eigenvalue weighted by molar-refractivity contribution is 5.82. The van der Waals surface area contributed by atoms with Crippen LogP contribution in [0.4, 0.5) is 0 Å². The molecule has 2 rings (SSSR count). The van der Waals surface area contributed by atoms with E-state index in [0.29, 0.717) is 6.04 Å². The van der Waals surface area contributed by atoms with Gasteiger partial charge in [-0.3, -0.25) is 4.79 Å². The first-order valence-electron chi connectivity index (χ1n) is 6.80. The van der Waals surface area contributed by atoms with Crippen molar-refractivity contribution in [1.29, 1.82) is 0 Å². The Morgan fingerprint density at radius 2 is 2.00 bits per heavy atom. The molecule has 3 atom stereocenters. The van der Waals surface area contributed by atoms with Gasteiger partial charge in [0.1, 0.15) is 0 Å². The lowest BCUT2D eigenvalue weighted by molar-refractivity contribution is -0.139. The first-order valence-corrected chi connectivity index (χ1v) is 6.80. The molecule has 0 aromatic rings. The average Bonchev–Trinajstić information content (AvgIpc) is 2.36. The Labute approximate surface area is 98.4 Å². The molecule has 0 spiro atoms. The van der Waals surface area contributed by atoms with E-state index < -0.39 is 0 Å². The highest BCUT2D eigenvalue weighted by atomic mass is 16.2. The monoisotopic (exact) mass is 224 g/mol. The summed E-state index contributed by atoms with van der Waals surface area (Å²) in [5.74, 6) is 0.953. The van der Waals surface area contributed by atoms with Gasteiger partial charge in [0.25, 0.3) is 0 Å². The number of rotatable bonds is 2. The molecule has 1 aliphatic heterocycles. The molecule has 1 saturated heterocycles. The number of nitrogens with zero attached hydrogens (tertiary/aromatic N) is 1. The zero-order chi connectivity index (χ0) is 11.5. The normalized spacial score (nSPS) is 32.0. The second-order valence-electron chi connectivity index (χ2n) is 5.30. The molecule has 0 bridgehead atoms. The Morgan fingerprint density at radius 3 is 2.75 bits per heavy atom. The van der Waals surface area contributed by atoms with E-state index in [9.17, 15) is 4.79 Å². The molecule has 92 valence electrons. The molecule has 3 heteroatoms. The standard InChI is InChI=1S/C13H24N2O/c1-2-11(14)13(16)15-9-5-7-10-6-3-4-8-12(10)15/h10-12H,2-9,14H2,1H3/t10-,11+,12-/m1/s1. The molecule has 1 aliphatic carbocycles. The van der Waals surface area contributed by atoms with Crippen LogP contribution in [0.1, 0.15) is 51.9 Å². The maximum Gasteiger partial charge on any atom is 0.239 e. The van der Waals surface area contributed by atoms with E-state index in [1.165, 1.54) is 38.5 Å². The van der Waals surface area contributed by atoms with Gasteiger partial charge in [-0.05, 0) is 38.0 Å². The van der Waals surface area contributed by atoms with Crippen LogP contribution in [-0.2, 0) is 4.79 Å². The maximum atomic E-state index is 12.2. The zero-order valence-electron chi connectivity index (χ0n) is 10.3. The van der Waals surface area contributed by atoms with Crippen LogP contribution in [0, 0.1) is 5.92 Å². The molecule has 2 fully saturated rings. The van der Waals surface area contributed by atoms with Gasteiger partial charge in [0.15, 0.2) is 0 Å². The summed E-state index contributed by atoms with van der Waals surface area (Å²) in [5.41, 5.74) is 5.88. The van der Waals surface area contributed by atoms with Gasteiger partial charge in [-0.1, -0.05) is 19.8 Å². The number of carbonyl (C=O) groups is 1. The van der Waals surface area contributed by atoms with E-state index in [1.807, 2.05) is 6.92 Å². The third-order valence-electron chi connectivity index (χ3n) is 4.28. The van der Waals surface area contributed by atoms with Crippen LogP contribution in [0.2, 0.25) is 0 Å². The molecule has 1 saturated carbocycles. The highest BCUT2D eigenvalue weighted by Gasteiger charge is 2.36. The molecule has 1 amide bonds. The van der Waals surface area contributed by atoms with Gasteiger partial charge in [-0.2, -0.15) is 0 Å². The summed E-state index contributed by atoms with van der Waals surface area (Å²) in [4.78, 5) is 14.3. The fourth-order valence-electron chi connectivity index (χ4n) is 3.29. The fraction of sp³-hybridized carbons (Fsp3) is 0.923. The van der Waals surface area contributed by atoms with Crippen LogP contribution in [0.15, 0.2) is 0 Å². The van der Waals surface area contributed by atoms with Crippen molar-refractivity contribution < 1.29 is 4.79 Å². The van der Waals surface area contributed by atoms with Gasteiger partial charge in [-0.15, -0.1) is 0 Å². The van der Waals surface area contributed by atoms with Crippen LogP contribution in [0.3, 0.4) is 0 Å². The maximum absolute atomic E-state index is 12.2. The topological polar surface area (TPSA) is 46.3 Å². The Kier molecular flexibility index (Phi) is 3.85. The Hall–Kier alpha value is -0.570. The molecule has 2 N–H and O–H groups in total. The molecule has 2 aliphatic rings. The average molecular weight is 224 g/mol. The minimum atomic E-state index is -0.277. The van der Waals surface area contributed by atoms with Crippen LogP contribution in [0.25, 0.3) is 0 Å². The Morgan fingerprint density at radius 1 is 1.31 bits per heavy atom. The third kappa shape index (κ3) is 2.24. The van der Waals surface area contributed by atoms with E-state index in [-0.39, 0.29) is 11.9 Å². The van der Waals surface area contributed by atoms with Gasteiger partial charge >= 0.3 is 0 Å². The number of piperidine rings is 1. The largest absolute Gasteiger partial charge is 0.338 e. The van der Waals surface area contributed by atoms with Crippen LogP contribution in [-0.4, -0.2) is 29.4 Å². The summed E-state index contributed by atoms with van der Waals surface area (Å²) in [5, 5.41) is 0. The highest BCUT2D eigenvalue weighted by Crippen LogP contribution is 2.35. The second-order valence-corrected chi connectivity index (χ2v) is 5.30. The van der Waals surface area contributed by atoms with Gasteiger partial charge < -0.3 is 10.6 Å². The predicted molar refractivity (Wildman–Crippen MR) is 65.0 cm³/mol. The molecular formula is C13H24N2O. The fourth-order valence-corrected chi connectivity index (χ4v) is 3.29. The van der Waals surface area contributed by atoms with E-state index >= 15 is 0 Å². The number of carbonyl (C=O) groups excluding carboxylic acids is 1. The lowest BCUT2D eigenvalue weighted by atomic mass is 9.78. The summed E-state index contributed by atoms with van der Waals surface area (Å²) in [6.45, 7) is 2.93. The van der Waals surface area contributed by atoms with Gasteiger partial charge in [-0.25, -0.2) is 0 Å². The molecule has 0 aromatic heterocycles. The Bertz CT molecular complexity index is 252. The van der Waals surface area contributed by atoms with Crippen molar-refractivity contribution in [3.05, 3.63) is 0 Å². The molecule has 0 radical (unpaired) electrons. The third-order valence-corrected chi connectivity index (χ3v) is 4.28. The number of nitrogens with two attached hydrogens (primary N) is 1. The van der Waals surface area contributed by atoms with Crippen LogP contribution in [0.5, 0.6) is 0 Å². The number of amides is 1. The van der Waals surface area contributed by atoms with Gasteiger partial charge in [0, 0.05) is 12.6 Å². The zero-order valence-corrected chi connectivity index (χ0v) is 10.3. The molecule has 0 aromatic carbocycles. The Balaban J connectivity index is 2.04. The minimum Gasteiger partial charge on any atom is -0.338 e. The van der Waals surface area contributed by atoms with Crippen LogP contribution >= 0.6 is 0 Å². The van der Waals surface area contributed by atoms with Crippen molar-refractivity contribution >= 4 is 5.91 Å². The van der Waals surface area contributed by atoms with Crippen LogP contribution < -0.4 is 5.73 Å². The summed E-state index contributed by atoms with van der Waals surface area (Å²) < 4.78 is 0. The molecule has 3 nitrogen and oxygen atoms in total. The smallest absolute Gasteiger partial charge is 0.239 e. The second kappa shape index (κ2) is 5.17. The number of likely N-dealkylation sites (tertiary alicyclic amines) is 1. The van der Waals surface area contributed by atoms with Crippen molar-refractivity contribution in [1.82, 2.24) is 4.90 Å². The van der Waals surface area contributed by atoms with Gasteiger partial charge in [0.05, 0.1) is 6.04 Å². The molecule has 16 heavy (non-hydrogen) atoms. The minimum absolute atomic E-state index is 0.194. The molecule has 1 heterocycles. The van der Waals surface area contributed by atoms with Gasteiger partial charge in [0.2, 0.25) is 5.91 Å². The lowest BCUT2D eigenvalue weighted by Crippen LogP contribution is -2.54. The summed E-state index contributed by atoms with van der Waals surface area (Å²) in [6.07, 6.45) is 8.39. The first kappa shape index (κ1) is 11.9. The van der Waals surface area contributed by atoms with E-state index in [2.05, 4.69) is 4.90 Å². The van der Waals surface area contributed by atoms with Crippen molar-refractivity contribution in [3.8, 4) is 0 Å². The van der Waals surface area contributed by atoms with E-state index in [1.54, 1.807) is 0 Å².